The number of aryl methyl sites for hydroxylation is 1. The summed E-state index contributed by atoms with van der Waals surface area (Å²) >= 11 is 18.1. The molecule has 226 valence electrons. The van der Waals surface area contributed by atoms with Gasteiger partial charge in [0.1, 0.15) is 12.6 Å². The first-order valence-electron chi connectivity index (χ1n) is 12.5. The fourth-order valence-corrected chi connectivity index (χ4v) is 6.09. The number of hydrogen-bond donors (Lipinski definition) is 1. The summed E-state index contributed by atoms with van der Waals surface area (Å²) in [6, 6.07) is 11.6. The molecule has 0 saturated carbocycles. The number of amides is 2. The van der Waals surface area contributed by atoms with Crippen molar-refractivity contribution < 1.29 is 31.2 Å². The van der Waals surface area contributed by atoms with Gasteiger partial charge in [-0.2, -0.15) is 13.2 Å². The highest BCUT2D eigenvalue weighted by atomic mass is 35.5. The molecule has 0 aliphatic heterocycles. The Labute approximate surface area is 257 Å². The van der Waals surface area contributed by atoms with E-state index in [9.17, 15) is 31.2 Å². The minimum absolute atomic E-state index is 0.194. The number of carbonyl (C=O) groups is 2. The van der Waals surface area contributed by atoms with Gasteiger partial charge >= 0.3 is 6.18 Å². The number of halogens is 6. The van der Waals surface area contributed by atoms with Crippen LogP contribution in [0, 0.1) is 6.92 Å². The molecule has 0 heterocycles. The largest absolute Gasteiger partial charge is 0.417 e. The van der Waals surface area contributed by atoms with E-state index in [1.165, 1.54) is 43.3 Å². The van der Waals surface area contributed by atoms with Crippen LogP contribution in [0.5, 0.6) is 0 Å². The number of rotatable bonds is 10. The normalized spacial score (nSPS) is 12.5. The van der Waals surface area contributed by atoms with E-state index >= 15 is 0 Å². The molecule has 0 unspecified atom stereocenters. The van der Waals surface area contributed by atoms with E-state index in [1.54, 1.807) is 19.9 Å². The first-order valence-corrected chi connectivity index (χ1v) is 15.1. The Hall–Kier alpha value is -2.99. The Morgan fingerprint density at radius 3 is 2.17 bits per heavy atom. The molecule has 1 N–H and O–H groups in total. The summed E-state index contributed by atoms with van der Waals surface area (Å²) in [4.78, 5) is 27.5. The van der Waals surface area contributed by atoms with Crippen LogP contribution >= 0.6 is 34.8 Å². The molecule has 1 atom stereocenters. The van der Waals surface area contributed by atoms with Gasteiger partial charge in [-0.05, 0) is 68.8 Å². The van der Waals surface area contributed by atoms with Gasteiger partial charge in [-0.1, -0.05) is 58.6 Å². The lowest BCUT2D eigenvalue weighted by atomic mass is 10.1. The molecule has 0 aliphatic rings. The predicted molar refractivity (Wildman–Crippen MR) is 157 cm³/mol. The van der Waals surface area contributed by atoms with Crippen molar-refractivity contribution in [1.29, 1.82) is 0 Å². The summed E-state index contributed by atoms with van der Waals surface area (Å²) in [6.45, 7) is 3.95. The number of hydrogen-bond acceptors (Lipinski definition) is 4. The first kappa shape index (κ1) is 33.5. The van der Waals surface area contributed by atoms with Crippen LogP contribution in [-0.2, 0) is 32.3 Å². The number of nitrogens with zero attached hydrogens (tertiary/aromatic N) is 2. The van der Waals surface area contributed by atoms with Gasteiger partial charge in [0.25, 0.3) is 10.0 Å². The molecule has 0 spiro atoms. The van der Waals surface area contributed by atoms with Crippen molar-refractivity contribution in [3.8, 4) is 0 Å². The lowest BCUT2D eigenvalue weighted by Gasteiger charge is -2.32. The molecule has 0 aromatic heterocycles. The summed E-state index contributed by atoms with van der Waals surface area (Å²) < 4.78 is 69.4. The number of alkyl halides is 3. The molecule has 0 fully saturated rings. The zero-order valence-electron chi connectivity index (χ0n) is 22.7. The Bertz CT molecular complexity index is 1570. The van der Waals surface area contributed by atoms with Crippen molar-refractivity contribution in [3.05, 3.63) is 92.4 Å². The third-order valence-corrected chi connectivity index (χ3v) is 9.01. The van der Waals surface area contributed by atoms with Gasteiger partial charge in [0, 0.05) is 23.1 Å². The van der Waals surface area contributed by atoms with E-state index in [4.69, 9.17) is 34.8 Å². The minimum atomic E-state index is -4.90. The minimum Gasteiger partial charge on any atom is -0.355 e. The second kappa shape index (κ2) is 13.5. The van der Waals surface area contributed by atoms with Crippen molar-refractivity contribution in [1.82, 2.24) is 10.2 Å². The maximum atomic E-state index is 13.9. The number of carbonyl (C=O) groups excluding carboxylic acids is 2. The molecule has 14 heteroatoms. The van der Waals surface area contributed by atoms with E-state index in [2.05, 4.69) is 5.32 Å². The number of sulfonamides is 1. The topological polar surface area (TPSA) is 86.8 Å². The van der Waals surface area contributed by atoms with Gasteiger partial charge in [-0.25, -0.2) is 8.42 Å². The van der Waals surface area contributed by atoms with Crippen LogP contribution in [0.1, 0.15) is 30.5 Å². The zero-order valence-corrected chi connectivity index (χ0v) is 25.8. The summed E-state index contributed by atoms with van der Waals surface area (Å²) in [6.07, 6.45) is -4.90. The Kier molecular flexibility index (Phi) is 10.8. The van der Waals surface area contributed by atoms with Crippen LogP contribution in [0.15, 0.2) is 65.6 Å². The monoisotopic (exact) mass is 663 g/mol. The maximum absolute atomic E-state index is 13.9. The highest BCUT2D eigenvalue weighted by molar-refractivity contribution is 7.92. The number of benzene rings is 3. The second-order valence-electron chi connectivity index (χ2n) is 9.31. The predicted octanol–water partition coefficient (Wildman–Crippen LogP) is 6.72. The molecule has 3 aromatic rings. The van der Waals surface area contributed by atoms with Crippen LogP contribution in [0.4, 0.5) is 18.9 Å². The Balaban J connectivity index is 2.14. The molecular formula is C28H27Cl3F3N3O4S. The molecule has 42 heavy (non-hydrogen) atoms. The number of anilines is 1. The van der Waals surface area contributed by atoms with Crippen LogP contribution < -0.4 is 9.62 Å². The van der Waals surface area contributed by atoms with Gasteiger partial charge in [0.2, 0.25) is 11.8 Å². The smallest absolute Gasteiger partial charge is 0.355 e. The van der Waals surface area contributed by atoms with E-state index in [0.29, 0.717) is 21.0 Å². The maximum Gasteiger partial charge on any atom is 0.417 e. The molecule has 0 bridgehead atoms. The molecule has 0 radical (unpaired) electrons. The summed E-state index contributed by atoms with van der Waals surface area (Å²) in [5.74, 6) is -1.41. The van der Waals surface area contributed by atoms with Crippen molar-refractivity contribution in [2.45, 2.75) is 44.4 Å². The summed E-state index contributed by atoms with van der Waals surface area (Å²) in [5.41, 5.74) is -0.580. The standard InChI is InChI=1S/C28H27Cl3F3N3O4S/c1-4-35-27(39)18(3)36(15-19-7-8-20(29)13-25(19)31)26(38)16-37(42(40,41)22-10-5-17(2)6-11-22)21-9-12-24(30)23(14-21)28(32,33)34/h5-14,18H,4,15-16H2,1-3H3,(H,35,39)/t18-/m1/s1. The van der Waals surface area contributed by atoms with Crippen molar-refractivity contribution in [2.24, 2.45) is 0 Å². The third-order valence-electron chi connectivity index (χ3n) is 6.31. The lowest BCUT2D eigenvalue weighted by molar-refractivity contribution is -0.139. The average molecular weight is 665 g/mol. The van der Waals surface area contributed by atoms with Crippen LogP contribution in [0.3, 0.4) is 0 Å². The van der Waals surface area contributed by atoms with Gasteiger partial charge < -0.3 is 10.2 Å². The van der Waals surface area contributed by atoms with Gasteiger partial charge in [0.05, 0.1) is 21.2 Å². The molecule has 2 amide bonds. The fraction of sp³-hybridized carbons (Fsp3) is 0.286. The molecule has 3 aromatic carbocycles. The average Bonchev–Trinajstić information content (AvgIpc) is 2.91. The quantitative estimate of drug-likeness (QED) is 0.261. The molecule has 3 rings (SSSR count). The second-order valence-corrected chi connectivity index (χ2v) is 12.4. The SMILES string of the molecule is CCNC(=O)[C@@H](C)N(Cc1ccc(Cl)cc1Cl)C(=O)CN(c1ccc(Cl)c(C(F)(F)F)c1)S(=O)(=O)c1ccc(C)cc1. The third kappa shape index (κ3) is 7.89. The van der Waals surface area contributed by atoms with Gasteiger partial charge in [0.15, 0.2) is 0 Å². The Morgan fingerprint density at radius 1 is 0.952 bits per heavy atom. The Morgan fingerprint density at radius 2 is 1.60 bits per heavy atom. The van der Waals surface area contributed by atoms with Crippen LogP contribution in [-0.4, -0.2) is 44.3 Å². The van der Waals surface area contributed by atoms with E-state index in [1.807, 2.05) is 0 Å². The molecule has 0 saturated heterocycles. The van der Waals surface area contributed by atoms with Crippen molar-refractivity contribution in [2.75, 3.05) is 17.4 Å². The van der Waals surface area contributed by atoms with E-state index in [-0.39, 0.29) is 23.0 Å². The van der Waals surface area contributed by atoms with Gasteiger partial charge in [-0.3, -0.25) is 13.9 Å². The number of nitrogens with one attached hydrogen (secondary N) is 1. The van der Waals surface area contributed by atoms with Crippen LogP contribution in [0.2, 0.25) is 15.1 Å². The molecular weight excluding hydrogens is 638 g/mol. The molecule has 7 nitrogen and oxygen atoms in total. The highest BCUT2D eigenvalue weighted by Crippen LogP contribution is 2.38. The zero-order chi connectivity index (χ0) is 31.4. The number of likely N-dealkylation sites (N-methyl/N-ethyl adjacent to an activating group) is 1. The lowest BCUT2D eigenvalue weighted by Crippen LogP contribution is -2.51. The van der Waals surface area contributed by atoms with E-state index < -0.39 is 56.9 Å². The highest BCUT2D eigenvalue weighted by Gasteiger charge is 2.37. The summed E-state index contributed by atoms with van der Waals surface area (Å²) in [7, 11) is -4.59. The van der Waals surface area contributed by atoms with Crippen LogP contribution in [0.25, 0.3) is 0 Å². The van der Waals surface area contributed by atoms with Crippen molar-refractivity contribution >= 4 is 62.3 Å². The van der Waals surface area contributed by atoms with E-state index in [0.717, 1.165) is 22.6 Å². The van der Waals surface area contributed by atoms with Gasteiger partial charge in [-0.15, -0.1) is 0 Å². The molecule has 0 aliphatic carbocycles. The fourth-order valence-electron chi connectivity index (χ4n) is 3.99. The van der Waals surface area contributed by atoms with Crippen molar-refractivity contribution in [3.63, 3.8) is 0 Å². The summed E-state index contributed by atoms with van der Waals surface area (Å²) in [5, 5.41) is 2.49. The first-order chi connectivity index (χ1) is 19.6.